The average molecular weight is 453 g/mol. The smallest absolute Gasteiger partial charge is 0.294 e. The summed E-state index contributed by atoms with van der Waals surface area (Å²) in [6, 6.07) is 0. The molecule has 0 heterocycles. The van der Waals surface area contributed by atoms with Crippen LogP contribution in [0, 0.1) is 22.7 Å². The van der Waals surface area contributed by atoms with Gasteiger partial charge in [-0.15, -0.1) is 0 Å². The molecule has 0 aromatic heterocycles. The van der Waals surface area contributed by atoms with Crippen LogP contribution < -0.4 is 0 Å². The number of hydrogen-bond acceptors (Lipinski definition) is 5. The van der Waals surface area contributed by atoms with Gasteiger partial charge >= 0.3 is 0 Å². The van der Waals surface area contributed by atoms with Crippen molar-refractivity contribution in [3.05, 3.63) is 11.6 Å². The van der Waals surface area contributed by atoms with Crippen LogP contribution in [-0.2, 0) is 19.1 Å². The lowest BCUT2D eigenvalue weighted by Crippen LogP contribution is -2.66. The molecule has 3 saturated carbocycles. The van der Waals surface area contributed by atoms with E-state index in [1.165, 1.54) is 0 Å². The fourth-order valence-electron chi connectivity index (χ4n) is 7.41. The molecule has 4 aliphatic carbocycles. The predicted octanol–water partition coefficient (Wildman–Crippen LogP) is 3.51. The van der Waals surface area contributed by atoms with Crippen molar-refractivity contribution in [3.63, 3.8) is 0 Å². The van der Waals surface area contributed by atoms with Crippen LogP contribution in [0.2, 0.25) is 0 Å². The molecule has 0 aromatic carbocycles. The van der Waals surface area contributed by atoms with Crippen molar-refractivity contribution in [2.75, 3.05) is 5.33 Å². The minimum Gasteiger partial charge on any atom is -0.453 e. The normalized spacial score (nSPS) is 47.4. The molecule has 0 amide bonds. The number of aliphatic hydroxyl groups is 1. The maximum absolute atomic E-state index is 12.9. The Labute approximate surface area is 174 Å². The molecule has 0 spiro atoms. The molecule has 154 valence electrons. The Hall–Kier alpha value is -1.01. The van der Waals surface area contributed by atoms with Crippen LogP contribution in [0.25, 0.3) is 0 Å². The zero-order valence-electron chi connectivity index (χ0n) is 16.6. The number of hydrogen-bond donors (Lipinski definition) is 1. The van der Waals surface area contributed by atoms with Gasteiger partial charge in [0.2, 0.25) is 0 Å². The van der Waals surface area contributed by atoms with Crippen molar-refractivity contribution in [2.45, 2.75) is 76.4 Å². The summed E-state index contributed by atoms with van der Waals surface area (Å²) < 4.78 is 5.58. The van der Waals surface area contributed by atoms with Crippen LogP contribution in [-0.4, -0.2) is 39.7 Å². The zero-order chi connectivity index (χ0) is 20.4. The highest BCUT2D eigenvalue weighted by Gasteiger charge is 2.71. The molecular weight excluding hydrogens is 424 g/mol. The Morgan fingerprint density at radius 1 is 1.21 bits per heavy atom. The third-order valence-electron chi connectivity index (χ3n) is 9.09. The van der Waals surface area contributed by atoms with Crippen molar-refractivity contribution in [1.82, 2.24) is 0 Å². The van der Waals surface area contributed by atoms with Crippen molar-refractivity contribution in [3.8, 4) is 0 Å². The Bertz CT molecular complexity index is 762. The van der Waals surface area contributed by atoms with Gasteiger partial charge in [0.05, 0.1) is 10.9 Å². The minimum absolute atomic E-state index is 0.0434. The summed E-state index contributed by atoms with van der Waals surface area (Å²) in [5, 5.41) is 12.2. The van der Waals surface area contributed by atoms with E-state index >= 15 is 0 Å². The summed E-state index contributed by atoms with van der Waals surface area (Å²) in [5.74, 6) is 0.241. The van der Waals surface area contributed by atoms with Gasteiger partial charge in [-0.2, -0.15) is 0 Å². The fourth-order valence-corrected chi connectivity index (χ4v) is 7.86. The highest BCUT2D eigenvalue weighted by molar-refractivity contribution is 9.09. The minimum atomic E-state index is -1.11. The third-order valence-corrected chi connectivity index (χ3v) is 9.60. The van der Waals surface area contributed by atoms with Crippen molar-refractivity contribution in [2.24, 2.45) is 22.7 Å². The van der Waals surface area contributed by atoms with Crippen LogP contribution >= 0.6 is 15.9 Å². The first kappa shape index (κ1) is 20.3. The van der Waals surface area contributed by atoms with E-state index in [9.17, 15) is 19.5 Å². The lowest BCUT2D eigenvalue weighted by Gasteiger charge is -2.63. The first-order valence-electron chi connectivity index (χ1n) is 10.4. The van der Waals surface area contributed by atoms with E-state index in [2.05, 4.69) is 29.8 Å². The zero-order valence-corrected chi connectivity index (χ0v) is 18.2. The predicted molar refractivity (Wildman–Crippen MR) is 107 cm³/mol. The van der Waals surface area contributed by atoms with E-state index in [1.54, 1.807) is 6.08 Å². The number of halogens is 1. The lowest BCUT2D eigenvalue weighted by molar-refractivity contribution is -0.214. The van der Waals surface area contributed by atoms with Gasteiger partial charge in [0.15, 0.2) is 17.2 Å². The van der Waals surface area contributed by atoms with Gasteiger partial charge in [-0.05, 0) is 62.9 Å². The molecule has 4 aliphatic rings. The number of alkyl halides is 1. The van der Waals surface area contributed by atoms with Crippen LogP contribution in [0.3, 0.4) is 0 Å². The molecule has 0 unspecified atom stereocenters. The van der Waals surface area contributed by atoms with Gasteiger partial charge in [-0.25, -0.2) is 0 Å². The molecule has 0 radical (unpaired) electrons. The van der Waals surface area contributed by atoms with Gasteiger partial charge in [-0.3, -0.25) is 14.4 Å². The second kappa shape index (κ2) is 6.49. The first-order valence-corrected chi connectivity index (χ1v) is 11.5. The second-order valence-electron chi connectivity index (χ2n) is 9.70. The van der Waals surface area contributed by atoms with Crippen LogP contribution in [0.4, 0.5) is 0 Å². The van der Waals surface area contributed by atoms with Gasteiger partial charge in [0.25, 0.3) is 6.47 Å². The topological polar surface area (TPSA) is 80.7 Å². The molecule has 1 N–H and O–H groups in total. The summed E-state index contributed by atoms with van der Waals surface area (Å²) in [6.07, 6.45) is 7.04. The fraction of sp³-hybridized carbons (Fsp3) is 0.773. The quantitative estimate of drug-likeness (QED) is 0.521. The highest BCUT2D eigenvalue weighted by atomic mass is 79.9. The molecule has 6 atom stereocenters. The number of Topliss-reactive ketones (excluding diaryl/α,β-unsaturated/α-hetero) is 1. The van der Waals surface area contributed by atoms with Gasteiger partial charge < -0.3 is 9.84 Å². The molecule has 3 fully saturated rings. The Morgan fingerprint density at radius 3 is 2.64 bits per heavy atom. The van der Waals surface area contributed by atoms with E-state index in [0.717, 1.165) is 24.8 Å². The maximum Gasteiger partial charge on any atom is 0.294 e. The van der Waals surface area contributed by atoms with E-state index in [4.69, 9.17) is 4.74 Å². The largest absolute Gasteiger partial charge is 0.453 e. The maximum atomic E-state index is 12.9. The Balaban J connectivity index is 1.76. The van der Waals surface area contributed by atoms with Gasteiger partial charge in [0, 0.05) is 17.3 Å². The monoisotopic (exact) mass is 452 g/mol. The molecular formula is C22H29BrO5. The summed E-state index contributed by atoms with van der Waals surface area (Å²) in [4.78, 5) is 36.2. The van der Waals surface area contributed by atoms with Crippen LogP contribution in [0.1, 0.15) is 65.2 Å². The molecule has 28 heavy (non-hydrogen) atoms. The number of fused-ring (bicyclic) bond motifs is 5. The summed E-state index contributed by atoms with van der Waals surface area (Å²) in [6.45, 7) is 4.62. The van der Waals surface area contributed by atoms with Crippen LogP contribution in [0.5, 0.6) is 0 Å². The SMILES string of the molecule is C[C@]12CCC(=O)C=C1CC[C@H]1[C@@H]3CC[C@](OC=O)(C(=O)CBr)[C@@]3(C)CC[C@@]12O. The average Bonchev–Trinajstić information content (AvgIpc) is 2.96. The van der Waals surface area contributed by atoms with E-state index in [0.29, 0.717) is 38.6 Å². The van der Waals surface area contributed by atoms with Crippen molar-refractivity contribution in [1.29, 1.82) is 0 Å². The highest BCUT2D eigenvalue weighted by Crippen LogP contribution is 2.69. The molecule has 4 rings (SSSR count). The number of carbonyl (C=O) groups is 3. The van der Waals surface area contributed by atoms with Crippen molar-refractivity contribution >= 4 is 34.0 Å². The number of rotatable bonds is 4. The number of carbonyl (C=O) groups excluding carboxylic acids is 3. The molecule has 0 bridgehead atoms. The number of ether oxygens (including phenoxy) is 1. The van der Waals surface area contributed by atoms with E-state index < -0.39 is 16.6 Å². The standard InChI is InChI=1S/C22H29BrO5/c1-19-7-5-15(25)11-14(19)3-4-17-16-6-8-22(28-13-24,18(26)12-23)20(16,2)9-10-21(17,19)27/h11,13,16-17,27H,3-10,12H2,1-2H3/t16-,17-,19-,20-,21+,22-/m0/s1. The van der Waals surface area contributed by atoms with Gasteiger partial charge in [-0.1, -0.05) is 35.4 Å². The molecule has 0 aliphatic heterocycles. The first-order chi connectivity index (χ1) is 13.2. The van der Waals surface area contributed by atoms with Gasteiger partial charge in [0.1, 0.15) is 0 Å². The summed E-state index contributed by atoms with van der Waals surface area (Å²) in [7, 11) is 0. The summed E-state index contributed by atoms with van der Waals surface area (Å²) >= 11 is 3.28. The van der Waals surface area contributed by atoms with Crippen molar-refractivity contribution < 1.29 is 24.2 Å². The van der Waals surface area contributed by atoms with E-state index in [1.807, 2.05) is 0 Å². The molecule has 5 nitrogen and oxygen atoms in total. The Morgan fingerprint density at radius 2 is 1.96 bits per heavy atom. The lowest BCUT2D eigenvalue weighted by atomic mass is 9.44. The van der Waals surface area contributed by atoms with Crippen LogP contribution in [0.15, 0.2) is 11.6 Å². The van der Waals surface area contributed by atoms with E-state index in [-0.39, 0.29) is 34.1 Å². The second-order valence-corrected chi connectivity index (χ2v) is 10.3. The molecule has 0 aromatic rings. The molecule has 0 saturated heterocycles. The number of ketones is 2. The Kier molecular flexibility index (Phi) is 4.70. The molecule has 6 heteroatoms. The third kappa shape index (κ3) is 2.31. The summed E-state index contributed by atoms with van der Waals surface area (Å²) in [5.41, 5.74) is -1.75.